The molecule has 0 amide bonds. The molecule has 3 nitrogen and oxygen atoms in total. The van der Waals surface area contributed by atoms with Crippen molar-refractivity contribution in [2.75, 3.05) is 18.6 Å². The predicted molar refractivity (Wildman–Crippen MR) is 66.5 cm³/mol. The zero-order chi connectivity index (χ0) is 12.4. The fourth-order valence-corrected chi connectivity index (χ4v) is 2.34. The third kappa shape index (κ3) is 2.42. The van der Waals surface area contributed by atoms with E-state index in [4.69, 9.17) is 10.5 Å². The molecule has 0 saturated carbocycles. The average molecular weight is 238 g/mol. The number of hydrogen-bond acceptors (Lipinski definition) is 3. The summed E-state index contributed by atoms with van der Waals surface area (Å²) in [7, 11) is 1.98. The number of anilines is 1. The lowest BCUT2D eigenvalue weighted by molar-refractivity contribution is 0.118. The SMILES string of the molecule is CC1OCCC1N(C)c1ccc(CN)c(F)c1. The van der Waals surface area contributed by atoms with Gasteiger partial charge in [0.05, 0.1) is 12.1 Å². The topological polar surface area (TPSA) is 38.5 Å². The van der Waals surface area contributed by atoms with Crippen LogP contribution >= 0.6 is 0 Å². The first kappa shape index (κ1) is 12.3. The fraction of sp³-hybridized carbons (Fsp3) is 0.538. The van der Waals surface area contributed by atoms with Crippen molar-refractivity contribution in [3.8, 4) is 0 Å². The molecule has 0 bridgehead atoms. The lowest BCUT2D eigenvalue weighted by Crippen LogP contribution is -2.36. The largest absolute Gasteiger partial charge is 0.376 e. The van der Waals surface area contributed by atoms with Crippen molar-refractivity contribution in [1.29, 1.82) is 0 Å². The summed E-state index contributed by atoms with van der Waals surface area (Å²) in [4.78, 5) is 2.08. The van der Waals surface area contributed by atoms with E-state index in [1.807, 2.05) is 13.1 Å². The number of rotatable bonds is 3. The third-order valence-electron chi connectivity index (χ3n) is 3.50. The van der Waals surface area contributed by atoms with E-state index >= 15 is 0 Å². The molecule has 0 radical (unpaired) electrons. The van der Waals surface area contributed by atoms with E-state index < -0.39 is 0 Å². The van der Waals surface area contributed by atoms with Crippen molar-refractivity contribution in [2.45, 2.75) is 32.0 Å². The quantitative estimate of drug-likeness (QED) is 0.874. The van der Waals surface area contributed by atoms with Crippen LogP contribution in [-0.4, -0.2) is 25.8 Å². The minimum absolute atomic E-state index is 0.192. The van der Waals surface area contributed by atoms with Crippen LogP contribution in [0.3, 0.4) is 0 Å². The molecule has 0 aromatic heterocycles. The van der Waals surface area contributed by atoms with Crippen LogP contribution in [0.2, 0.25) is 0 Å². The van der Waals surface area contributed by atoms with Crippen molar-refractivity contribution >= 4 is 5.69 Å². The summed E-state index contributed by atoms with van der Waals surface area (Å²) in [5.41, 5.74) is 6.88. The van der Waals surface area contributed by atoms with Gasteiger partial charge in [-0.05, 0) is 25.5 Å². The maximum Gasteiger partial charge on any atom is 0.129 e. The van der Waals surface area contributed by atoms with Crippen LogP contribution < -0.4 is 10.6 Å². The molecule has 4 heteroatoms. The number of ether oxygens (including phenoxy) is 1. The fourth-order valence-electron chi connectivity index (χ4n) is 2.34. The van der Waals surface area contributed by atoms with E-state index in [0.717, 1.165) is 18.7 Å². The molecular formula is C13H19FN2O. The Kier molecular flexibility index (Phi) is 3.64. The lowest BCUT2D eigenvalue weighted by Gasteiger charge is -2.29. The monoisotopic (exact) mass is 238 g/mol. The van der Waals surface area contributed by atoms with Crippen LogP contribution in [0.5, 0.6) is 0 Å². The summed E-state index contributed by atoms with van der Waals surface area (Å²) in [6.45, 7) is 3.07. The lowest BCUT2D eigenvalue weighted by atomic mass is 10.1. The molecule has 1 aromatic rings. The van der Waals surface area contributed by atoms with Gasteiger partial charge in [0.15, 0.2) is 0 Å². The van der Waals surface area contributed by atoms with Crippen molar-refractivity contribution in [2.24, 2.45) is 5.73 Å². The number of halogens is 1. The summed E-state index contributed by atoms with van der Waals surface area (Å²) < 4.78 is 19.2. The number of likely N-dealkylation sites (N-methyl/N-ethyl adjacent to an activating group) is 1. The maximum atomic E-state index is 13.7. The second kappa shape index (κ2) is 5.02. The molecule has 1 fully saturated rings. The molecule has 2 unspecified atom stereocenters. The first-order chi connectivity index (χ1) is 8.13. The van der Waals surface area contributed by atoms with Crippen molar-refractivity contribution in [3.63, 3.8) is 0 Å². The zero-order valence-corrected chi connectivity index (χ0v) is 10.3. The Morgan fingerprint density at radius 1 is 1.53 bits per heavy atom. The number of benzene rings is 1. The zero-order valence-electron chi connectivity index (χ0n) is 10.3. The van der Waals surface area contributed by atoms with Gasteiger partial charge in [0.2, 0.25) is 0 Å². The standard InChI is InChI=1S/C13H19FN2O/c1-9-13(5-6-17-9)16(2)11-4-3-10(8-15)12(14)7-11/h3-4,7,9,13H,5-6,8,15H2,1-2H3. The van der Waals surface area contributed by atoms with Gasteiger partial charge in [0, 0.05) is 31.5 Å². The normalized spacial score (nSPS) is 24.0. The Bertz CT molecular complexity index is 397. The summed E-state index contributed by atoms with van der Waals surface area (Å²) >= 11 is 0. The first-order valence-electron chi connectivity index (χ1n) is 5.96. The van der Waals surface area contributed by atoms with Gasteiger partial charge < -0.3 is 15.4 Å². The van der Waals surface area contributed by atoms with Gasteiger partial charge >= 0.3 is 0 Å². The molecule has 0 aliphatic carbocycles. The molecular weight excluding hydrogens is 219 g/mol. The maximum absolute atomic E-state index is 13.7. The molecule has 2 N–H and O–H groups in total. The van der Waals surface area contributed by atoms with E-state index in [1.165, 1.54) is 0 Å². The molecule has 1 aliphatic heterocycles. The molecule has 1 aliphatic rings. The average Bonchev–Trinajstić information content (AvgIpc) is 2.74. The minimum atomic E-state index is -0.233. The van der Waals surface area contributed by atoms with Gasteiger partial charge in [0.1, 0.15) is 5.82 Å². The Morgan fingerprint density at radius 2 is 2.29 bits per heavy atom. The first-order valence-corrected chi connectivity index (χ1v) is 5.96. The Labute approximate surface area is 101 Å². The highest BCUT2D eigenvalue weighted by Gasteiger charge is 2.28. The highest BCUT2D eigenvalue weighted by Crippen LogP contribution is 2.25. The number of nitrogens with zero attached hydrogens (tertiary/aromatic N) is 1. The second-order valence-corrected chi connectivity index (χ2v) is 4.52. The van der Waals surface area contributed by atoms with E-state index in [1.54, 1.807) is 12.1 Å². The predicted octanol–water partition coefficient (Wildman–Crippen LogP) is 1.90. The molecule has 1 heterocycles. The minimum Gasteiger partial charge on any atom is -0.376 e. The van der Waals surface area contributed by atoms with Crippen LogP contribution in [0, 0.1) is 5.82 Å². The number of hydrogen-bond donors (Lipinski definition) is 1. The number of nitrogens with two attached hydrogens (primary N) is 1. The van der Waals surface area contributed by atoms with Gasteiger partial charge in [-0.3, -0.25) is 0 Å². The van der Waals surface area contributed by atoms with Crippen LogP contribution in [0.15, 0.2) is 18.2 Å². The van der Waals surface area contributed by atoms with Crippen LogP contribution in [0.1, 0.15) is 18.9 Å². The van der Waals surface area contributed by atoms with Crippen LogP contribution in [-0.2, 0) is 11.3 Å². The second-order valence-electron chi connectivity index (χ2n) is 4.52. The van der Waals surface area contributed by atoms with Crippen molar-refractivity contribution < 1.29 is 9.13 Å². The Hall–Kier alpha value is -1.13. The smallest absolute Gasteiger partial charge is 0.129 e. The summed E-state index contributed by atoms with van der Waals surface area (Å²) in [6.07, 6.45) is 1.18. The van der Waals surface area contributed by atoms with E-state index in [9.17, 15) is 4.39 Å². The molecule has 2 atom stereocenters. The van der Waals surface area contributed by atoms with Gasteiger partial charge in [-0.25, -0.2) is 4.39 Å². The van der Waals surface area contributed by atoms with Gasteiger partial charge in [-0.2, -0.15) is 0 Å². The van der Waals surface area contributed by atoms with E-state index in [2.05, 4.69) is 11.8 Å². The van der Waals surface area contributed by atoms with E-state index in [0.29, 0.717) is 11.6 Å². The highest BCUT2D eigenvalue weighted by atomic mass is 19.1. The van der Waals surface area contributed by atoms with Crippen LogP contribution in [0.25, 0.3) is 0 Å². The highest BCUT2D eigenvalue weighted by molar-refractivity contribution is 5.49. The molecule has 94 valence electrons. The van der Waals surface area contributed by atoms with Crippen molar-refractivity contribution in [3.05, 3.63) is 29.6 Å². The summed E-state index contributed by atoms with van der Waals surface area (Å²) in [6, 6.07) is 5.53. The van der Waals surface area contributed by atoms with Crippen LogP contribution in [0.4, 0.5) is 10.1 Å². The van der Waals surface area contributed by atoms with Gasteiger partial charge in [-0.1, -0.05) is 6.07 Å². The summed E-state index contributed by atoms with van der Waals surface area (Å²) in [5, 5.41) is 0. The summed E-state index contributed by atoms with van der Waals surface area (Å²) in [5.74, 6) is -0.233. The van der Waals surface area contributed by atoms with Gasteiger partial charge in [-0.15, -0.1) is 0 Å². The molecule has 1 aromatic carbocycles. The molecule has 17 heavy (non-hydrogen) atoms. The molecule has 2 rings (SSSR count). The van der Waals surface area contributed by atoms with E-state index in [-0.39, 0.29) is 18.5 Å². The Balaban J connectivity index is 2.19. The van der Waals surface area contributed by atoms with Gasteiger partial charge in [0.25, 0.3) is 0 Å². The van der Waals surface area contributed by atoms with Crippen molar-refractivity contribution in [1.82, 2.24) is 0 Å². The molecule has 1 saturated heterocycles. The third-order valence-corrected chi connectivity index (χ3v) is 3.50. The Morgan fingerprint density at radius 3 is 2.82 bits per heavy atom. The molecule has 0 spiro atoms.